The SMILES string of the molecule is N#Cc1c(N2CCCC(O)C2)noc1N. The quantitative estimate of drug-likeness (QED) is 0.678. The lowest BCUT2D eigenvalue weighted by Gasteiger charge is -2.29. The number of aromatic nitrogens is 1. The van der Waals surface area contributed by atoms with E-state index in [-0.39, 0.29) is 17.6 Å². The van der Waals surface area contributed by atoms with E-state index in [1.807, 2.05) is 11.0 Å². The van der Waals surface area contributed by atoms with Gasteiger partial charge < -0.3 is 20.3 Å². The second-order valence-electron chi connectivity index (χ2n) is 3.60. The smallest absolute Gasteiger partial charge is 0.242 e. The molecule has 0 radical (unpaired) electrons. The molecule has 1 aliphatic rings. The van der Waals surface area contributed by atoms with Crippen LogP contribution in [0.5, 0.6) is 0 Å². The molecule has 6 heteroatoms. The number of hydrogen-bond donors (Lipinski definition) is 2. The van der Waals surface area contributed by atoms with Crippen molar-refractivity contribution in [2.24, 2.45) is 0 Å². The fourth-order valence-corrected chi connectivity index (χ4v) is 1.76. The molecule has 0 aromatic carbocycles. The van der Waals surface area contributed by atoms with Crippen molar-refractivity contribution in [1.29, 1.82) is 5.26 Å². The largest absolute Gasteiger partial charge is 0.391 e. The molecule has 6 nitrogen and oxygen atoms in total. The number of nitrogens with two attached hydrogens (primary N) is 1. The molecular weight excluding hydrogens is 196 g/mol. The van der Waals surface area contributed by atoms with Gasteiger partial charge in [0.1, 0.15) is 6.07 Å². The number of aliphatic hydroxyl groups is 1. The summed E-state index contributed by atoms with van der Waals surface area (Å²) in [6.45, 7) is 1.23. The molecule has 1 saturated heterocycles. The Bertz CT molecular complexity index is 395. The van der Waals surface area contributed by atoms with Crippen LogP contribution in [-0.2, 0) is 0 Å². The highest BCUT2D eigenvalue weighted by atomic mass is 16.5. The van der Waals surface area contributed by atoms with Gasteiger partial charge in [-0.05, 0) is 12.8 Å². The summed E-state index contributed by atoms with van der Waals surface area (Å²) < 4.78 is 4.76. The molecule has 0 saturated carbocycles. The van der Waals surface area contributed by atoms with Crippen LogP contribution >= 0.6 is 0 Å². The van der Waals surface area contributed by atoms with Gasteiger partial charge in [-0.3, -0.25) is 0 Å². The molecule has 2 heterocycles. The zero-order chi connectivity index (χ0) is 10.8. The van der Waals surface area contributed by atoms with Crippen LogP contribution in [0.15, 0.2) is 4.52 Å². The number of rotatable bonds is 1. The van der Waals surface area contributed by atoms with E-state index in [1.165, 1.54) is 0 Å². The lowest BCUT2D eigenvalue weighted by Crippen LogP contribution is -2.38. The van der Waals surface area contributed by atoms with Crippen LogP contribution in [0.4, 0.5) is 11.7 Å². The third-order valence-corrected chi connectivity index (χ3v) is 2.51. The third kappa shape index (κ3) is 1.74. The highest BCUT2D eigenvalue weighted by molar-refractivity contribution is 5.62. The second kappa shape index (κ2) is 3.79. The topological polar surface area (TPSA) is 99.3 Å². The molecule has 1 atom stereocenters. The summed E-state index contributed by atoms with van der Waals surface area (Å²) in [6, 6.07) is 1.95. The number of piperidine rings is 1. The highest BCUT2D eigenvalue weighted by Gasteiger charge is 2.24. The predicted molar refractivity (Wildman–Crippen MR) is 53.1 cm³/mol. The number of hydrogen-bond acceptors (Lipinski definition) is 6. The molecule has 3 N–H and O–H groups in total. The number of nitriles is 1. The van der Waals surface area contributed by atoms with Crippen molar-refractivity contribution >= 4 is 11.7 Å². The minimum Gasteiger partial charge on any atom is -0.391 e. The van der Waals surface area contributed by atoms with Gasteiger partial charge in [0.05, 0.1) is 6.10 Å². The van der Waals surface area contributed by atoms with Crippen LogP contribution < -0.4 is 10.6 Å². The number of anilines is 2. The van der Waals surface area contributed by atoms with Gasteiger partial charge in [0.25, 0.3) is 0 Å². The second-order valence-corrected chi connectivity index (χ2v) is 3.60. The number of nitrogens with zero attached hydrogens (tertiary/aromatic N) is 3. The van der Waals surface area contributed by atoms with Crippen LogP contribution in [0.25, 0.3) is 0 Å². The molecule has 0 spiro atoms. The highest BCUT2D eigenvalue weighted by Crippen LogP contribution is 2.26. The first kappa shape index (κ1) is 9.80. The maximum atomic E-state index is 9.50. The molecule has 1 aromatic rings. The van der Waals surface area contributed by atoms with E-state index >= 15 is 0 Å². The first-order valence-electron chi connectivity index (χ1n) is 4.80. The molecule has 1 unspecified atom stereocenters. The van der Waals surface area contributed by atoms with Gasteiger partial charge >= 0.3 is 0 Å². The van der Waals surface area contributed by atoms with E-state index in [4.69, 9.17) is 15.5 Å². The Kier molecular flexibility index (Phi) is 2.47. The number of aliphatic hydroxyl groups excluding tert-OH is 1. The van der Waals surface area contributed by atoms with E-state index in [0.717, 1.165) is 19.4 Å². The fraction of sp³-hybridized carbons (Fsp3) is 0.556. The van der Waals surface area contributed by atoms with E-state index in [9.17, 15) is 5.11 Å². The van der Waals surface area contributed by atoms with Crippen molar-refractivity contribution in [2.45, 2.75) is 18.9 Å². The lowest BCUT2D eigenvalue weighted by atomic mass is 10.1. The van der Waals surface area contributed by atoms with Gasteiger partial charge in [-0.25, -0.2) is 0 Å². The van der Waals surface area contributed by atoms with Crippen molar-refractivity contribution in [1.82, 2.24) is 5.16 Å². The zero-order valence-corrected chi connectivity index (χ0v) is 8.18. The maximum Gasteiger partial charge on any atom is 0.242 e. The molecule has 15 heavy (non-hydrogen) atoms. The van der Waals surface area contributed by atoms with E-state index in [0.29, 0.717) is 12.4 Å². The van der Waals surface area contributed by atoms with Gasteiger partial charge in [0, 0.05) is 13.1 Å². The normalized spacial score (nSPS) is 21.3. The molecule has 0 aliphatic carbocycles. The maximum absolute atomic E-state index is 9.50. The van der Waals surface area contributed by atoms with Crippen LogP contribution in [0, 0.1) is 11.3 Å². The first-order valence-corrected chi connectivity index (χ1v) is 4.80. The van der Waals surface area contributed by atoms with Crippen LogP contribution in [0.2, 0.25) is 0 Å². The summed E-state index contributed by atoms with van der Waals surface area (Å²) in [5.41, 5.74) is 5.71. The Morgan fingerprint density at radius 2 is 2.47 bits per heavy atom. The van der Waals surface area contributed by atoms with Gasteiger partial charge in [0.2, 0.25) is 5.88 Å². The Morgan fingerprint density at radius 3 is 3.13 bits per heavy atom. The van der Waals surface area contributed by atoms with E-state index in [2.05, 4.69) is 5.16 Å². The van der Waals surface area contributed by atoms with E-state index < -0.39 is 0 Å². The summed E-state index contributed by atoms with van der Waals surface area (Å²) >= 11 is 0. The van der Waals surface area contributed by atoms with Crippen LogP contribution in [0.1, 0.15) is 18.4 Å². The van der Waals surface area contributed by atoms with Crippen molar-refractivity contribution in [2.75, 3.05) is 23.7 Å². The van der Waals surface area contributed by atoms with Gasteiger partial charge in [-0.1, -0.05) is 5.16 Å². The third-order valence-electron chi connectivity index (χ3n) is 2.51. The molecule has 0 amide bonds. The number of β-amino-alcohol motifs (C(OH)–C–C–N with tert-alkyl or cyclic N) is 1. The summed E-state index contributed by atoms with van der Waals surface area (Å²) in [6.07, 6.45) is 1.29. The summed E-state index contributed by atoms with van der Waals surface area (Å²) in [4.78, 5) is 1.83. The fourth-order valence-electron chi connectivity index (χ4n) is 1.76. The molecule has 1 aromatic heterocycles. The standard InChI is InChI=1S/C9H12N4O2/c10-4-7-8(11)15-12-9(7)13-3-1-2-6(14)5-13/h6,14H,1-3,5,11H2. The molecule has 80 valence electrons. The monoisotopic (exact) mass is 208 g/mol. The minimum atomic E-state index is -0.372. The zero-order valence-electron chi connectivity index (χ0n) is 8.18. The Morgan fingerprint density at radius 1 is 1.67 bits per heavy atom. The average molecular weight is 208 g/mol. The Labute approximate surface area is 86.9 Å². The lowest BCUT2D eigenvalue weighted by molar-refractivity contribution is 0.153. The summed E-state index contributed by atoms with van der Waals surface area (Å²) in [5, 5.41) is 22.1. The van der Waals surface area contributed by atoms with Crippen molar-refractivity contribution < 1.29 is 9.63 Å². The first-order chi connectivity index (χ1) is 7.22. The number of nitrogen functional groups attached to an aromatic ring is 1. The van der Waals surface area contributed by atoms with Gasteiger partial charge in [-0.15, -0.1) is 0 Å². The molecule has 0 bridgehead atoms. The van der Waals surface area contributed by atoms with Crippen molar-refractivity contribution in [3.63, 3.8) is 0 Å². The van der Waals surface area contributed by atoms with Crippen LogP contribution in [0.3, 0.4) is 0 Å². The molecule has 1 aliphatic heterocycles. The van der Waals surface area contributed by atoms with Gasteiger partial charge in [0.15, 0.2) is 11.4 Å². The van der Waals surface area contributed by atoms with Crippen molar-refractivity contribution in [3.05, 3.63) is 5.56 Å². The summed E-state index contributed by atoms with van der Waals surface area (Å²) in [5.74, 6) is 0.473. The Balaban J connectivity index is 2.25. The molecular formula is C9H12N4O2. The molecule has 2 rings (SSSR count). The van der Waals surface area contributed by atoms with Crippen LogP contribution in [-0.4, -0.2) is 29.5 Å². The van der Waals surface area contributed by atoms with E-state index in [1.54, 1.807) is 0 Å². The molecule has 1 fully saturated rings. The predicted octanol–water partition coefficient (Wildman–Crippen LogP) is 0.0896. The average Bonchev–Trinajstić information content (AvgIpc) is 2.59. The van der Waals surface area contributed by atoms with Gasteiger partial charge in [-0.2, -0.15) is 5.26 Å². The van der Waals surface area contributed by atoms with Crippen molar-refractivity contribution in [3.8, 4) is 6.07 Å². The Hall–Kier alpha value is -1.74. The minimum absolute atomic E-state index is 0.0348. The summed E-state index contributed by atoms with van der Waals surface area (Å²) in [7, 11) is 0.